The molecule has 1 aliphatic rings. The highest BCUT2D eigenvalue weighted by atomic mass is 35.5. The minimum absolute atomic E-state index is 0.459. The number of halogens is 1. The third-order valence-corrected chi connectivity index (χ3v) is 3.07. The van der Waals surface area contributed by atoms with Gasteiger partial charge in [-0.2, -0.15) is 0 Å². The molecule has 0 bridgehead atoms. The van der Waals surface area contributed by atoms with Crippen LogP contribution in [0.25, 0.3) is 0 Å². The van der Waals surface area contributed by atoms with E-state index in [2.05, 4.69) is 17.1 Å². The van der Waals surface area contributed by atoms with Gasteiger partial charge in [-0.05, 0) is 37.3 Å². The van der Waals surface area contributed by atoms with Crippen molar-refractivity contribution in [3.05, 3.63) is 11.6 Å². The van der Waals surface area contributed by atoms with E-state index in [0.29, 0.717) is 11.3 Å². The third kappa shape index (κ3) is 1.22. The summed E-state index contributed by atoms with van der Waals surface area (Å²) in [5, 5.41) is 8.03. The van der Waals surface area contributed by atoms with Gasteiger partial charge in [0.15, 0.2) is 0 Å². The molecule has 3 nitrogen and oxygen atoms in total. The van der Waals surface area contributed by atoms with Crippen molar-refractivity contribution in [3.8, 4) is 0 Å². The summed E-state index contributed by atoms with van der Waals surface area (Å²) in [6.45, 7) is 2.18. The molecule has 1 fully saturated rings. The van der Waals surface area contributed by atoms with E-state index in [1.54, 1.807) is 6.33 Å². The van der Waals surface area contributed by atoms with Crippen LogP contribution in [0.3, 0.4) is 0 Å². The third-order valence-electron chi connectivity index (χ3n) is 2.80. The van der Waals surface area contributed by atoms with Gasteiger partial charge in [0.1, 0.15) is 6.33 Å². The van der Waals surface area contributed by atoms with Gasteiger partial charge in [0.05, 0.1) is 0 Å². The summed E-state index contributed by atoms with van der Waals surface area (Å²) in [5.41, 5.74) is 0. The zero-order valence-electron chi connectivity index (χ0n) is 7.07. The summed E-state index contributed by atoms with van der Waals surface area (Å²) in [6.07, 6.45) is 5.70. The normalized spacial score (nSPS) is 20.5. The molecule has 1 saturated carbocycles. The van der Waals surface area contributed by atoms with Crippen molar-refractivity contribution in [2.24, 2.45) is 5.92 Å². The van der Waals surface area contributed by atoms with Crippen LogP contribution in [0, 0.1) is 5.92 Å². The SMILES string of the molecule is CC(C1CCC1)n1cnnc1Cl. The van der Waals surface area contributed by atoms with Gasteiger partial charge in [-0.15, -0.1) is 10.2 Å². The van der Waals surface area contributed by atoms with Crippen LogP contribution in [0.1, 0.15) is 32.2 Å². The van der Waals surface area contributed by atoms with Gasteiger partial charge in [0.2, 0.25) is 5.28 Å². The number of nitrogens with zero attached hydrogens (tertiary/aromatic N) is 3. The highest BCUT2D eigenvalue weighted by molar-refractivity contribution is 6.28. The fourth-order valence-corrected chi connectivity index (χ4v) is 1.89. The number of rotatable bonds is 2. The average Bonchev–Trinajstić information content (AvgIpc) is 2.31. The van der Waals surface area contributed by atoms with Gasteiger partial charge in [0, 0.05) is 6.04 Å². The molecule has 1 aromatic rings. The van der Waals surface area contributed by atoms with E-state index in [9.17, 15) is 0 Å². The van der Waals surface area contributed by atoms with E-state index in [-0.39, 0.29) is 0 Å². The number of aromatic nitrogens is 3. The molecule has 1 aromatic heterocycles. The molecule has 1 atom stereocenters. The Bertz CT molecular complexity index is 267. The van der Waals surface area contributed by atoms with Gasteiger partial charge in [0.25, 0.3) is 0 Å². The molecule has 1 unspecified atom stereocenters. The lowest BCUT2D eigenvalue weighted by atomic mass is 9.80. The van der Waals surface area contributed by atoms with E-state index in [1.165, 1.54) is 19.3 Å². The summed E-state index contributed by atoms with van der Waals surface area (Å²) < 4.78 is 1.95. The van der Waals surface area contributed by atoms with Crippen LogP contribution in [0.2, 0.25) is 5.28 Å². The van der Waals surface area contributed by atoms with E-state index >= 15 is 0 Å². The molecule has 0 saturated heterocycles. The van der Waals surface area contributed by atoms with Gasteiger partial charge >= 0.3 is 0 Å². The summed E-state index contributed by atoms with van der Waals surface area (Å²) >= 11 is 5.85. The maximum Gasteiger partial charge on any atom is 0.225 e. The van der Waals surface area contributed by atoms with Gasteiger partial charge in [-0.3, -0.25) is 0 Å². The summed E-state index contributed by atoms with van der Waals surface area (Å²) in [4.78, 5) is 0. The molecule has 0 aromatic carbocycles. The first-order valence-corrected chi connectivity index (χ1v) is 4.72. The van der Waals surface area contributed by atoms with E-state index in [1.807, 2.05) is 4.57 Å². The molecule has 0 aliphatic heterocycles. The first-order valence-electron chi connectivity index (χ1n) is 4.34. The summed E-state index contributed by atoms with van der Waals surface area (Å²) in [7, 11) is 0. The Kier molecular flexibility index (Phi) is 2.05. The molecule has 0 spiro atoms. The second-order valence-electron chi connectivity index (χ2n) is 3.44. The van der Waals surface area contributed by atoms with Crippen molar-refractivity contribution in [1.29, 1.82) is 0 Å². The average molecular weight is 186 g/mol. The molecular formula is C8H12ClN3. The Morgan fingerprint density at radius 3 is 2.83 bits per heavy atom. The highest BCUT2D eigenvalue weighted by Gasteiger charge is 2.26. The Morgan fingerprint density at radius 1 is 1.67 bits per heavy atom. The zero-order valence-corrected chi connectivity index (χ0v) is 7.83. The van der Waals surface area contributed by atoms with Crippen LogP contribution >= 0.6 is 11.6 Å². The number of hydrogen-bond acceptors (Lipinski definition) is 2. The van der Waals surface area contributed by atoms with Crippen molar-refractivity contribution in [2.45, 2.75) is 32.2 Å². The largest absolute Gasteiger partial charge is 0.301 e. The van der Waals surface area contributed by atoms with Crippen molar-refractivity contribution in [2.75, 3.05) is 0 Å². The predicted molar refractivity (Wildman–Crippen MR) is 47.1 cm³/mol. The van der Waals surface area contributed by atoms with Crippen LogP contribution in [0.5, 0.6) is 0 Å². The Balaban J connectivity index is 2.13. The van der Waals surface area contributed by atoms with Crippen molar-refractivity contribution < 1.29 is 0 Å². The fourth-order valence-electron chi connectivity index (χ4n) is 1.65. The summed E-state index contributed by atoms with van der Waals surface area (Å²) in [5.74, 6) is 0.776. The molecule has 2 rings (SSSR count). The van der Waals surface area contributed by atoms with Crippen molar-refractivity contribution in [1.82, 2.24) is 14.8 Å². The molecule has 0 radical (unpaired) electrons. The fraction of sp³-hybridized carbons (Fsp3) is 0.750. The molecule has 0 N–H and O–H groups in total. The maximum atomic E-state index is 5.85. The van der Waals surface area contributed by atoms with Crippen LogP contribution in [0.4, 0.5) is 0 Å². The minimum Gasteiger partial charge on any atom is -0.301 e. The predicted octanol–water partition coefficient (Wildman–Crippen LogP) is 2.29. The monoisotopic (exact) mass is 185 g/mol. The van der Waals surface area contributed by atoms with Crippen LogP contribution in [-0.2, 0) is 0 Å². The molecule has 66 valence electrons. The Labute approximate surface area is 76.7 Å². The quantitative estimate of drug-likeness (QED) is 0.708. The molecule has 1 heterocycles. The van der Waals surface area contributed by atoms with Gasteiger partial charge < -0.3 is 4.57 Å². The molecule has 12 heavy (non-hydrogen) atoms. The number of hydrogen-bond donors (Lipinski definition) is 0. The minimum atomic E-state index is 0.459. The molecule has 0 amide bonds. The van der Waals surface area contributed by atoms with Gasteiger partial charge in [-0.25, -0.2) is 0 Å². The highest BCUT2D eigenvalue weighted by Crippen LogP contribution is 2.36. The maximum absolute atomic E-state index is 5.85. The second kappa shape index (κ2) is 3.05. The summed E-state index contributed by atoms with van der Waals surface area (Å²) in [6, 6.07) is 0.459. The van der Waals surface area contributed by atoms with Crippen molar-refractivity contribution >= 4 is 11.6 Å². The molecule has 4 heteroatoms. The van der Waals surface area contributed by atoms with Crippen LogP contribution < -0.4 is 0 Å². The lowest BCUT2D eigenvalue weighted by Crippen LogP contribution is -2.22. The van der Waals surface area contributed by atoms with E-state index in [0.717, 1.165) is 5.92 Å². The van der Waals surface area contributed by atoms with Gasteiger partial charge in [-0.1, -0.05) is 6.42 Å². The Hall–Kier alpha value is -0.570. The van der Waals surface area contributed by atoms with Crippen molar-refractivity contribution in [3.63, 3.8) is 0 Å². The van der Waals surface area contributed by atoms with Crippen LogP contribution in [-0.4, -0.2) is 14.8 Å². The van der Waals surface area contributed by atoms with E-state index < -0.39 is 0 Å². The first-order chi connectivity index (χ1) is 5.79. The zero-order chi connectivity index (χ0) is 8.55. The first kappa shape index (κ1) is 8.05. The Morgan fingerprint density at radius 2 is 2.42 bits per heavy atom. The lowest BCUT2D eigenvalue weighted by molar-refractivity contribution is 0.222. The second-order valence-corrected chi connectivity index (χ2v) is 3.78. The van der Waals surface area contributed by atoms with E-state index in [4.69, 9.17) is 11.6 Å². The standard InChI is InChI=1S/C8H12ClN3/c1-6(7-3-2-4-7)12-5-10-11-8(12)9/h5-7H,2-4H2,1H3. The smallest absolute Gasteiger partial charge is 0.225 e. The lowest BCUT2D eigenvalue weighted by Gasteiger charge is -2.31. The topological polar surface area (TPSA) is 30.7 Å². The molecule has 1 aliphatic carbocycles. The molecular weight excluding hydrogens is 174 g/mol. The van der Waals surface area contributed by atoms with Crippen LogP contribution in [0.15, 0.2) is 6.33 Å².